The second-order valence-electron chi connectivity index (χ2n) is 5.05. The number of rotatable bonds is 5. The van der Waals surface area contributed by atoms with E-state index in [9.17, 15) is 18.0 Å². The Hall–Kier alpha value is -3.02. The predicted octanol–water partition coefficient (Wildman–Crippen LogP) is 2.76. The first-order chi connectivity index (χ1) is 11.3. The van der Waals surface area contributed by atoms with Crippen molar-refractivity contribution in [3.05, 3.63) is 42.2 Å². The summed E-state index contributed by atoms with van der Waals surface area (Å²) >= 11 is 0. The molecule has 9 heteroatoms. The molecule has 2 aromatic rings. The summed E-state index contributed by atoms with van der Waals surface area (Å²) in [5.74, 6) is -0.429. The first-order valence-corrected chi connectivity index (χ1v) is 6.94. The van der Waals surface area contributed by atoms with Crippen molar-refractivity contribution in [3.63, 3.8) is 0 Å². The van der Waals surface area contributed by atoms with Crippen LogP contribution in [-0.2, 0) is 11.3 Å². The van der Waals surface area contributed by atoms with Gasteiger partial charge in [-0.25, -0.2) is 0 Å². The van der Waals surface area contributed by atoms with Gasteiger partial charge in [0.2, 0.25) is 5.91 Å². The molecule has 0 aliphatic carbocycles. The lowest BCUT2D eigenvalue weighted by atomic mass is 10.2. The zero-order chi connectivity index (χ0) is 17.7. The lowest BCUT2D eigenvalue weighted by molar-refractivity contribution is -0.142. The lowest BCUT2D eigenvalue weighted by Crippen LogP contribution is -2.32. The normalized spacial score (nSPS) is 12.3. The van der Waals surface area contributed by atoms with Crippen LogP contribution in [0.4, 0.5) is 24.5 Å². The highest BCUT2D eigenvalue weighted by molar-refractivity contribution is 5.97. The van der Waals surface area contributed by atoms with Crippen molar-refractivity contribution in [3.8, 4) is 6.07 Å². The number of hydrogen-bond donors (Lipinski definition) is 2. The fourth-order valence-corrected chi connectivity index (χ4v) is 1.95. The smallest absolute Gasteiger partial charge is 0.371 e. The summed E-state index contributed by atoms with van der Waals surface area (Å²) in [6, 6.07) is 7.72. The van der Waals surface area contributed by atoms with Crippen LogP contribution in [0.1, 0.15) is 12.5 Å². The number of carbonyl (C=O) groups is 1. The van der Waals surface area contributed by atoms with Gasteiger partial charge in [-0.3, -0.25) is 9.48 Å². The molecular weight excluding hydrogens is 323 g/mol. The molecule has 2 rings (SSSR count). The van der Waals surface area contributed by atoms with Crippen molar-refractivity contribution in [2.45, 2.75) is 25.7 Å². The van der Waals surface area contributed by atoms with E-state index in [4.69, 9.17) is 5.26 Å². The van der Waals surface area contributed by atoms with Crippen LogP contribution in [0.25, 0.3) is 0 Å². The summed E-state index contributed by atoms with van der Waals surface area (Å²) in [6.45, 7) is 0.343. The molecule has 0 spiro atoms. The second kappa shape index (κ2) is 7.04. The number of nitrogens with one attached hydrogen (secondary N) is 2. The molecule has 0 saturated heterocycles. The third-order valence-corrected chi connectivity index (χ3v) is 3.06. The Bertz CT molecular complexity index is 763. The van der Waals surface area contributed by atoms with Crippen LogP contribution in [0.5, 0.6) is 0 Å². The van der Waals surface area contributed by atoms with E-state index < -0.39 is 24.7 Å². The van der Waals surface area contributed by atoms with Crippen molar-refractivity contribution in [2.75, 3.05) is 10.6 Å². The van der Waals surface area contributed by atoms with Gasteiger partial charge in [0.1, 0.15) is 18.7 Å². The third kappa shape index (κ3) is 4.74. The SMILES string of the molecule is CC(Nc1cnn(CC(F)(F)F)c1)C(=O)Nc1ccccc1C#N. The van der Waals surface area contributed by atoms with Gasteiger partial charge in [-0.2, -0.15) is 23.5 Å². The highest BCUT2D eigenvalue weighted by Gasteiger charge is 2.28. The molecule has 0 fully saturated rings. The molecule has 1 aromatic heterocycles. The van der Waals surface area contributed by atoms with Gasteiger partial charge < -0.3 is 10.6 Å². The van der Waals surface area contributed by atoms with E-state index >= 15 is 0 Å². The minimum absolute atomic E-state index is 0.287. The Morgan fingerprint density at radius 3 is 2.79 bits per heavy atom. The highest BCUT2D eigenvalue weighted by atomic mass is 19.4. The first kappa shape index (κ1) is 17.3. The van der Waals surface area contributed by atoms with Crippen LogP contribution in [0.2, 0.25) is 0 Å². The van der Waals surface area contributed by atoms with E-state index in [2.05, 4.69) is 15.7 Å². The molecule has 1 amide bonds. The number of alkyl halides is 3. The van der Waals surface area contributed by atoms with Gasteiger partial charge in [0.15, 0.2) is 0 Å². The van der Waals surface area contributed by atoms with Gasteiger partial charge in [0.25, 0.3) is 0 Å². The molecule has 24 heavy (non-hydrogen) atoms. The number of nitrogens with zero attached hydrogens (tertiary/aromatic N) is 3. The van der Waals surface area contributed by atoms with Crippen LogP contribution in [-0.4, -0.2) is 27.9 Å². The van der Waals surface area contributed by atoms with Crippen LogP contribution >= 0.6 is 0 Å². The quantitative estimate of drug-likeness (QED) is 0.879. The van der Waals surface area contributed by atoms with E-state index in [1.54, 1.807) is 31.2 Å². The molecule has 6 nitrogen and oxygen atoms in total. The number of halogens is 3. The van der Waals surface area contributed by atoms with E-state index in [1.165, 1.54) is 12.4 Å². The molecule has 0 aliphatic heterocycles. The van der Waals surface area contributed by atoms with E-state index in [1.807, 2.05) is 6.07 Å². The summed E-state index contributed by atoms with van der Waals surface area (Å²) < 4.78 is 37.6. The average Bonchev–Trinajstić information content (AvgIpc) is 2.92. The maximum atomic E-state index is 12.3. The molecule has 1 atom stereocenters. The van der Waals surface area contributed by atoms with Crippen LogP contribution < -0.4 is 10.6 Å². The largest absolute Gasteiger partial charge is 0.408 e. The van der Waals surface area contributed by atoms with Crippen molar-refractivity contribution in [2.24, 2.45) is 0 Å². The Labute approximate surface area is 135 Å². The number of amides is 1. The second-order valence-corrected chi connectivity index (χ2v) is 5.05. The standard InChI is InChI=1S/C15H14F3N5O/c1-10(14(24)22-13-5-3-2-4-11(13)6-19)21-12-7-20-23(8-12)9-15(16,17)18/h2-5,7-8,10,21H,9H2,1H3,(H,22,24). The maximum absolute atomic E-state index is 12.3. The summed E-state index contributed by atoms with van der Waals surface area (Å²) in [4.78, 5) is 12.1. The fourth-order valence-electron chi connectivity index (χ4n) is 1.95. The minimum atomic E-state index is -4.37. The van der Waals surface area contributed by atoms with E-state index in [0.29, 0.717) is 11.3 Å². The molecule has 1 aromatic carbocycles. The third-order valence-electron chi connectivity index (χ3n) is 3.06. The summed E-state index contributed by atoms with van der Waals surface area (Å²) in [7, 11) is 0. The van der Waals surface area contributed by atoms with Crippen LogP contribution in [0.3, 0.4) is 0 Å². The van der Waals surface area contributed by atoms with Crippen molar-refractivity contribution in [1.29, 1.82) is 5.26 Å². The Balaban J connectivity index is 1.98. The number of benzene rings is 1. The minimum Gasteiger partial charge on any atom is -0.371 e. The highest BCUT2D eigenvalue weighted by Crippen LogP contribution is 2.19. The van der Waals surface area contributed by atoms with Gasteiger partial charge in [-0.1, -0.05) is 12.1 Å². The lowest BCUT2D eigenvalue weighted by Gasteiger charge is -2.14. The average molecular weight is 337 g/mol. The molecule has 0 bridgehead atoms. The molecule has 0 saturated carbocycles. The Kier molecular flexibility index (Phi) is 5.08. The van der Waals surface area contributed by atoms with Gasteiger partial charge in [-0.15, -0.1) is 0 Å². The summed E-state index contributed by atoms with van der Waals surface area (Å²) in [6.07, 6.45) is -1.99. The van der Waals surface area contributed by atoms with Gasteiger partial charge in [0, 0.05) is 6.20 Å². The number of anilines is 2. The number of para-hydroxylation sites is 1. The Morgan fingerprint density at radius 1 is 1.42 bits per heavy atom. The van der Waals surface area contributed by atoms with Gasteiger partial charge in [0.05, 0.1) is 23.1 Å². The molecule has 0 radical (unpaired) electrons. The Morgan fingerprint density at radius 2 is 2.12 bits per heavy atom. The number of carbonyl (C=O) groups excluding carboxylic acids is 1. The van der Waals surface area contributed by atoms with Crippen molar-refractivity contribution < 1.29 is 18.0 Å². The number of nitriles is 1. The van der Waals surface area contributed by atoms with Crippen molar-refractivity contribution >= 4 is 17.3 Å². The first-order valence-electron chi connectivity index (χ1n) is 6.94. The van der Waals surface area contributed by atoms with Crippen molar-refractivity contribution in [1.82, 2.24) is 9.78 Å². The monoisotopic (exact) mass is 337 g/mol. The molecule has 126 valence electrons. The van der Waals surface area contributed by atoms with E-state index in [-0.39, 0.29) is 5.69 Å². The van der Waals surface area contributed by atoms with Crippen LogP contribution in [0.15, 0.2) is 36.7 Å². The zero-order valence-corrected chi connectivity index (χ0v) is 12.6. The molecule has 2 N–H and O–H groups in total. The maximum Gasteiger partial charge on any atom is 0.408 e. The molecule has 0 aliphatic rings. The van der Waals surface area contributed by atoms with Crippen LogP contribution in [0, 0.1) is 11.3 Å². The van der Waals surface area contributed by atoms with E-state index in [0.717, 1.165) is 4.68 Å². The topological polar surface area (TPSA) is 82.7 Å². The van der Waals surface area contributed by atoms with Gasteiger partial charge in [-0.05, 0) is 19.1 Å². The molecular formula is C15H14F3N5O. The van der Waals surface area contributed by atoms with Gasteiger partial charge >= 0.3 is 6.18 Å². The predicted molar refractivity (Wildman–Crippen MR) is 81.2 cm³/mol. The number of hydrogen-bond acceptors (Lipinski definition) is 4. The summed E-state index contributed by atoms with van der Waals surface area (Å²) in [5.41, 5.74) is 0.970. The molecule has 1 heterocycles. The number of aromatic nitrogens is 2. The fraction of sp³-hybridized carbons (Fsp3) is 0.267. The molecule has 1 unspecified atom stereocenters. The zero-order valence-electron chi connectivity index (χ0n) is 12.6. The summed E-state index contributed by atoms with van der Waals surface area (Å²) in [5, 5.41) is 17.9.